The Bertz CT molecular complexity index is 895. The molecule has 2 rings (SSSR count). The summed E-state index contributed by atoms with van der Waals surface area (Å²) >= 11 is 0. The van der Waals surface area contributed by atoms with E-state index in [1.54, 1.807) is 42.5 Å². The van der Waals surface area contributed by atoms with Gasteiger partial charge in [0.15, 0.2) is 6.61 Å². The Hall–Kier alpha value is -2.58. The first kappa shape index (κ1) is 21.7. The van der Waals surface area contributed by atoms with E-state index in [0.29, 0.717) is 12.4 Å². The molecular formula is C20H26N2O5S. The number of nitrogens with one attached hydrogen (secondary N) is 2. The Balaban J connectivity index is 1.72. The van der Waals surface area contributed by atoms with Gasteiger partial charge in [0.25, 0.3) is 5.91 Å². The number of hydrogen-bond donors (Lipinski definition) is 2. The van der Waals surface area contributed by atoms with Crippen LogP contribution in [0.25, 0.3) is 0 Å². The van der Waals surface area contributed by atoms with Crippen LogP contribution in [0, 0.1) is 13.8 Å². The lowest BCUT2D eigenvalue weighted by atomic mass is 10.1. The first-order valence-corrected chi connectivity index (χ1v) is 10.5. The van der Waals surface area contributed by atoms with Gasteiger partial charge in [0.2, 0.25) is 10.0 Å². The van der Waals surface area contributed by atoms with E-state index in [0.717, 1.165) is 16.9 Å². The average molecular weight is 407 g/mol. The van der Waals surface area contributed by atoms with Gasteiger partial charge in [-0.1, -0.05) is 6.07 Å². The number of carbonyl (C=O) groups excluding carboxylic acids is 1. The van der Waals surface area contributed by atoms with E-state index < -0.39 is 10.0 Å². The molecule has 7 nitrogen and oxygen atoms in total. The van der Waals surface area contributed by atoms with E-state index in [4.69, 9.17) is 9.47 Å². The first-order chi connectivity index (χ1) is 13.3. The van der Waals surface area contributed by atoms with Crippen molar-refractivity contribution in [2.45, 2.75) is 25.7 Å². The monoisotopic (exact) mass is 406 g/mol. The van der Waals surface area contributed by atoms with Crippen LogP contribution >= 0.6 is 0 Å². The zero-order valence-electron chi connectivity index (χ0n) is 16.3. The molecule has 0 heterocycles. The SMILES string of the molecule is CCOc1ccc(OCC(=O)NCCNS(=O)(=O)c2ccc(C)c(C)c2)cc1. The van der Waals surface area contributed by atoms with Crippen molar-refractivity contribution in [1.29, 1.82) is 0 Å². The van der Waals surface area contributed by atoms with Crippen molar-refractivity contribution in [1.82, 2.24) is 10.0 Å². The van der Waals surface area contributed by atoms with Gasteiger partial charge in [0.05, 0.1) is 11.5 Å². The molecule has 0 aliphatic rings. The molecule has 2 N–H and O–H groups in total. The van der Waals surface area contributed by atoms with Gasteiger partial charge in [-0.2, -0.15) is 0 Å². The predicted octanol–water partition coefficient (Wildman–Crippen LogP) is 2.18. The molecule has 0 saturated heterocycles. The largest absolute Gasteiger partial charge is 0.494 e. The van der Waals surface area contributed by atoms with Crippen LogP contribution in [0.15, 0.2) is 47.4 Å². The van der Waals surface area contributed by atoms with Crippen LogP contribution in [0.1, 0.15) is 18.1 Å². The van der Waals surface area contributed by atoms with Gasteiger partial charge >= 0.3 is 0 Å². The molecule has 8 heteroatoms. The molecule has 0 aromatic heterocycles. The molecule has 152 valence electrons. The Morgan fingerprint density at radius 1 is 0.929 bits per heavy atom. The van der Waals surface area contributed by atoms with Crippen LogP contribution in [0.5, 0.6) is 11.5 Å². The number of amides is 1. The Kier molecular flexibility index (Phi) is 7.83. The van der Waals surface area contributed by atoms with Crippen molar-refractivity contribution in [3.05, 3.63) is 53.6 Å². The van der Waals surface area contributed by atoms with Gasteiger partial charge in [-0.05, 0) is 68.3 Å². The molecule has 0 atom stereocenters. The smallest absolute Gasteiger partial charge is 0.257 e. The average Bonchev–Trinajstić information content (AvgIpc) is 2.67. The van der Waals surface area contributed by atoms with Crippen molar-refractivity contribution < 1.29 is 22.7 Å². The Morgan fingerprint density at radius 2 is 1.57 bits per heavy atom. The molecule has 0 saturated carbocycles. The summed E-state index contributed by atoms with van der Waals surface area (Å²) in [5.74, 6) is 0.948. The quantitative estimate of drug-likeness (QED) is 0.590. The fourth-order valence-corrected chi connectivity index (χ4v) is 3.47. The summed E-state index contributed by atoms with van der Waals surface area (Å²) in [4.78, 5) is 12.0. The summed E-state index contributed by atoms with van der Waals surface area (Å²) in [7, 11) is -3.61. The second kappa shape index (κ2) is 10.1. The van der Waals surface area contributed by atoms with Crippen LogP contribution in [0.3, 0.4) is 0 Å². The fraction of sp³-hybridized carbons (Fsp3) is 0.350. The Morgan fingerprint density at radius 3 is 2.18 bits per heavy atom. The third-order valence-electron chi connectivity index (χ3n) is 4.03. The van der Waals surface area contributed by atoms with Gasteiger partial charge in [-0.3, -0.25) is 4.79 Å². The van der Waals surface area contributed by atoms with E-state index in [-0.39, 0.29) is 30.5 Å². The normalized spacial score (nSPS) is 11.1. The maximum atomic E-state index is 12.3. The molecule has 0 radical (unpaired) electrons. The number of sulfonamides is 1. The minimum Gasteiger partial charge on any atom is -0.494 e. The number of carbonyl (C=O) groups is 1. The molecular weight excluding hydrogens is 380 g/mol. The molecule has 1 amide bonds. The van der Waals surface area contributed by atoms with Crippen molar-refractivity contribution in [2.24, 2.45) is 0 Å². The summed E-state index contributed by atoms with van der Waals surface area (Å²) in [5, 5.41) is 2.61. The summed E-state index contributed by atoms with van der Waals surface area (Å²) in [6, 6.07) is 11.9. The van der Waals surface area contributed by atoms with Gasteiger partial charge in [-0.25, -0.2) is 13.1 Å². The van der Waals surface area contributed by atoms with Crippen LogP contribution in [-0.4, -0.2) is 40.6 Å². The molecule has 0 bridgehead atoms. The van der Waals surface area contributed by atoms with Crippen molar-refractivity contribution in [3.63, 3.8) is 0 Å². The van der Waals surface area contributed by atoms with Crippen LogP contribution in [-0.2, 0) is 14.8 Å². The lowest BCUT2D eigenvalue weighted by molar-refractivity contribution is -0.123. The lowest BCUT2D eigenvalue weighted by Gasteiger charge is -2.10. The van der Waals surface area contributed by atoms with Crippen LogP contribution in [0.4, 0.5) is 0 Å². The maximum Gasteiger partial charge on any atom is 0.257 e. The molecule has 0 spiro atoms. The fourth-order valence-electron chi connectivity index (χ4n) is 2.35. The second-order valence-electron chi connectivity index (χ2n) is 6.19. The van der Waals surface area contributed by atoms with Crippen molar-refractivity contribution >= 4 is 15.9 Å². The van der Waals surface area contributed by atoms with Crippen molar-refractivity contribution in [3.8, 4) is 11.5 Å². The van der Waals surface area contributed by atoms with Crippen LogP contribution < -0.4 is 19.5 Å². The van der Waals surface area contributed by atoms with Gasteiger partial charge in [0, 0.05) is 13.1 Å². The van der Waals surface area contributed by atoms with Gasteiger partial charge < -0.3 is 14.8 Å². The summed E-state index contributed by atoms with van der Waals surface area (Å²) in [5.41, 5.74) is 1.93. The highest BCUT2D eigenvalue weighted by atomic mass is 32.2. The van der Waals surface area contributed by atoms with E-state index in [1.165, 1.54) is 0 Å². The zero-order chi connectivity index (χ0) is 20.6. The van der Waals surface area contributed by atoms with E-state index in [2.05, 4.69) is 10.0 Å². The van der Waals surface area contributed by atoms with E-state index in [9.17, 15) is 13.2 Å². The van der Waals surface area contributed by atoms with E-state index in [1.807, 2.05) is 20.8 Å². The molecule has 2 aromatic rings. The molecule has 0 unspecified atom stereocenters. The first-order valence-electron chi connectivity index (χ1n) is 9.01. The number of ether oxygens (including phenoxy) is 2. The number of aryl methyl sites for hydroxylation is 2. The highest BCUT2D eigenvalue weighted by Gasteiger charge is 2.14. The molecule has 28 heavy (non-hydrogen) atoms. The number of hydrogen-bond acceptors (Lipinski definition) is 5. The standard InChI is InChI=1S/C20H26N2O5S/c1-4-26-17-6-8-18(9-7-17)27-14-20(23)21-11-12-22-28(24,25)19-10-5-15(2)16(3)13-19/h5-10,13,22H,4,11-12,14H2,1-3H3,(H,21,23). The summed E-state index contributed by atoms with van der Waals surface area (Å²) in [6.07, 6.45) is 0. The van der Waals surface area contributed by atoms with E-state index >= 15 is 0 Å². The summed E-state index contributed by atoms with van der Waals surface area (Å²) < 4.78 is 37.7. The number of benzene rings is 2. The minimum absolute atomic E-state index is 0.0874. The minimum atomic E-state index is -3.61. The van der Waals surface area contributed by atoms with Gasteiger partial charge in [0.1, 0.15) is 11.5 Å². The highest BCUT2D eigenvalue weighted by Crippen LogP contribution is 2.17. The third-order valence-corrected chi connectivity index (χ3v) is 5.49. The summed E-state index contributed by atoms with van der Waals surface area (Å²) in [6.45, 7) is 6.35. The predicted molar refractivity (Wildman–Crippen MR) is 107 cm³/mol. The van der Waals surface area contributed by atoms with Crippen molar-refractivity contribution in [2.75, 3.05) is 26.3 Å². The zero-order valence-corrected chi connectivity index (χ0v) is 17.1. The number of rotatable bonds is 10. The maximum absolute atomic E-state index is 12.3. The van der Waals surface area contributed by atoms with Crippen LogP contribution in [0.2, 0.25) is 0 Å². The highest BCUT2D eigenvalue weighted by molar-refractivity contribution is 7.89. The second-order valence-corrected chi connectivity index (χ2v) is 7.95. The topological polar surface area (TPSA) is 93.7 Å². The Labute approximate surface area is 166 Å². The molecule has 2 aromatic carbocycles. The molecule has 0 fully saturated rings. The third kappa shape index (κ3) is 6.54. The molecule has 0 aliphatic carbocycles. The molecule has 0 aliphatic heterocycles. The lowest BCUT2D eigenvalue weighted by Crippen LogP contribution is -2.36. The van der Waals surface area contributed by atoms with Gasteiger partial charge in [-0.15, -0.1) is 0 Å².